The van der Waals surface area contributed by atoms with Gasteiger partial charge in [0, 0.05) is 17.3 Å². The van der Waals surface area contributed by atoms with Crippen LogP contribution >= 0.6 is 11.6 Å². The molecule has 0 bridgehead atoms. The monoisotopic (exact) mass is 266 g/mol. The van der Waals surface area contributed by atoms with Crippen molar-refractivity contribution < 1.29 is 14.3 Å². The summed E-state index contributed by atoms with van der Waals surface area (Å²) in [6.07, 6.45) is 1.09. The van der Waals surface area contributed by atoms with Crippen LogP contribution in [0, 0.1) is 5.82 Å². The van der Waals surface area contributed by atoms with Gasteiger partial charge in [-0.05, 0) is 12.1 Å². The van der Waals surface area contributed by atoms with Gasteiger partial charge in [-0.3, -0.25) is 4.79 Å². The molecule has 0 atom stereocenters. The van der Waals surface area contributed by atoms with Crippen LogP contribution in [-0.2, 0) is 11.2 Å². The van der Waals surface area contributed by atoms with Gasteiger partial charge in [0.15, 0.2) is 5.82 Å². The molecule has 0 aliphatic carbocycles. The molecule has 1 N–H and O–H groups in total. The molecule has 0 radical (unpaired) electrons. The van der Waals surface area contributed by atoms with E-state index >= 15 is 0 Å². The quantitative estimate of drug-likeness (QED) is 0.867. The van der Waals surface area contributed by atoms with Crippen molar-refractivity contribution in [2.45, 2.75) is 6.42 Å². The number of halogens is 2. The van der Waals surface area contributed by atoms with Crippen molar-refractivity contribution in [2.24, 2.45) is 0 Å². The fraction of sp³-hybridized carbons (Fsp3) is 0.0833. The molecule has 18 heavy (non-hydrogen) atoms. The highest BCUT2D eigenvalue weighted by Crippen LogP contribution is 2.20. The molecular formula is C12H8ClFN2O2. The summed E-state index contributed by atoms with van der Waals surface area (Å²) in [5.74, 6) is -1.16. The van der Waals surface area contributed by atoms with Crippen LogP contribution in [0.25, 0.3) is 11.4 Å². The van der Waals surface area contributed by atoms with E-state index in [1.165, 1.54) is 24.4 Å². The maximum atomic E-state index is 13.0. The minimum atomic E-state index is -1.01. The molecule has 0 saturated heterocycles. The standard InChI is InChI=1S/C12H8ClFN2O2/c13-11-8(5-10(17)18)6-15-12(16-11)7-2-1-3-9(14)4-7/h1-4,6H,5H2,(H,17,18). The van der Waals surface area contributed by atoms with E-state index in [0.717, 1.165) is 0 Å². The lowest BCUT2D eigenvalue weighted by Gasteiger charge is -2.04. The van der Waals surface area contributed by atoms with Gasteiger partial charge in [0.1, 0.15) is 11.0 Å². The molecule has 4 nitrogen and oxygen atoms in total. The lowest BCUT2D eigenvalue weighted by Crippen LogP contribution is -2.03. The van der Waals surface area contributed by atoms with Crippen LogP contribution in [0.4, 0.5) is 4.39 Å². The third-order valence-corrected chi connectivity index (χ3v) is 2.56. The molecule has 0 aliphatic rings. The Bertz CT molecular complexity index is 604. The summed E-state index contributed by atoms with van der Waals surface area (Å²) >= 11 is 5.85. The first kappa shape index (κ1) is 12.4. The van der Waals surface area contributed by atoms with Gasteiger partial charge < -0.3 is 5.11 Å². The molecule has 0 saturated carbocycles. The van der Waals surface area contributed by atoms with Crippen molar-refractivity contribution in [3.05, 3.63) is 47.0 Å². The van der Waals surface area contributed by atoms with Gasteiger partial charge in [-0.15, -0.1) is 0 Å². The molecule has 0 fully saturated rings. The normalized spacial score (nSPS) is 10.3. The summed E-state index contributed by atoms with van der Waals surface area (Å²) in [5, 5.41) is 8.71. The molecule has 92 valence electrons. The SMILES string of the molecule is O=C(O)Cc1cnc(-c2cccc(F)c2)nc1Cl. The van der Waals surface area contributed by atoms with Crippen molar-refractivity contribution in [1.82, 2.24) is 9.97 Å². The third kappa shape index (κ3) is 2.81. The molecule has 0 unspecified atom stereocenters. The largest absolute Gasteiger partial charge is 0.481 e. The van der Waals surface area contributed by atoms with Gasteiger partial charge in [-0.25, -0.2) is 14.4 Å². The molecule has 1 aromatic carbocycles. The number of rotatable bonds is 3. The van der Waals surface area contributed by atoms with Crippen molar-refractivity contribution in [3.8, 4) is 11.4 Å². The van der Waals surface area contributed by atoms with Crippen LogP contribution in [0.2, 0.25) is 5.15 Å². The minimum absolute atomic E-state index is 0.0617. The number of carboxylic acid groups (broad SMARTS) is 1. The van der Waals surface area contributed by atoms with Crippen molar-refractivity contribution >= 4 is 17.6 Å². The second-order valence-electron chi connectivity index (χ2n) is 3.59. The van der Waals surface area contributed by atoms with E-state index in [9.17, 15) is 9.18 Å². The fourth-order valence-corrected chi connectivity index (χ4v) is 1.63. The lowest BCUT2D eigenvalue weighted by molar-refractivity contribution is -0.136. The molecule has 0 spiro atoms. The zero-order chi connectivity index (χ0) is 13.1. The Hall–Kier alpha value is -2.01. The molecule has 2 rings (SSSR count). The lowest BCUT2D eigenvalue weighted by atomic mass is 10.2. The number of carboxylic acids is 1. The van der Waals surface area contributed by atoms with Crippen LogP contribution < -0.4 is 0 Å². The topological polar surface area (TPSA) is 63.1 Å². The Morgan fingerprint density at radius 1 is 1.44 bits per heavy atom. The van der Waals surface area contributed by atoms with E-state index in [-0.39, 0.29) is 17.4 Å². The first-order chi connectivity index (χ1) is 8.56. The highest BCUT2D eigenvalue weighted by atomic mass is 35.5. The van der Waals surface area contributed by atoms with Crippen molar-refractivity contribution in [1.29, 1.82) is 0 Å². The average Bonchev–Trinajstić information content (AvgIpc) is 2.31. The van der Waals surface area contributed by atoms with Gasteiger partial charge in [0.25, 0.3) is 0 Å². The molecule has 1 aromatic heterocycles. The van der Waals surface area contributed by atoms with E-state index in [1.807, 2.05) is 0 Å². The zero-order valence-corrected chi connectivity index (χ0v) is 9.86. The molecule has 2 aromatic rings. The van der Waals surface area contributed by atoms with E-state index in [2.05, 4.69) is 9.97 Å². The first-order valence-electron chi connectivity index (χ1n) is 5.05. The predicted molar refractivity (Wildman–Crippen MR) is 63.8 cm³/mol. The second-order valence-corrected chi connectivity index (χ2v) is 3.95. The third-order valence-electron chi connectivity index (χ3n) is 2.24. The first-order valence-corrected chi connectivity index (χ1v) is 5.43. The molecule has 6 heteroatoms. The van der Waals surface area contributed by atoms with Crippen LogP contribution in [0.3, 0.4) is 0 Å². The second kappa shape index (κ2) is 5.10. The zero-order valence-electron chi connectivity index (χ0n) is 9.10. The summed E-state index contributed by atoms with van der Waals surface area (Å²) in [6, 6.07) is 5.77. The van der Waals surface area contributed by atoms with Gasteiger partial charge in [-0.2, -0.15) is 0 Å². The van der Waals surface area contributed by atoms with Crippen molar-refractivity contribution in [3.63, 3.8) is 0 Å². The Balaban J connectivity index is 2.37. The predicted octanol–water partition coefficient (Wildman–Crippen LogP) is 2.56. The maximum Gasteiger partial charge on any atom is 0.307 e. The number of aliphatic carboxylic acids is 1. The maximum absolute atomic E-state index is 13.0. The van der Waals surface area contributed by atoms with Gasteiger partial charge in [0.2, 0.25) is 0 Å². The molecular weight excluding hydrogens is 259 g/mol. The Morgan fingerprint density at radius 2 is 2.22 bits per heavy atom. The van der Waals surface area contributed by atoms with Crippen LogP contribution in [0.15, 0.2) is 30.5 Å². The molecule has 0 amide bonds. The summed E-state index contributed by atoms with van der Waals surface area (Å²) in [7, 11) is 0. The van der Waals surface area contributed by atoms with E-state index in [0.29, 0.717) is 11.1 Å². The van der Waals surface area contributed by atoms with Crippen LogP contribution in [-0.4, -0.2) is 21.0 Å². The summed E-state index contributed by atoms with van der Waals surface area (Å²) in [5.41, 5.74) is 0.808. The van der Waals surface area contributed by atoms with E-state index in [1.54, 1.807) is 6.07 Å². The summed E-state index contributed by atoms with van der Waals surface area (Å²) in [4.78, 5) is 18.5. The van der Waals surface area contributed by atoms with Gasteiger partial charge in [-0.1, -0.05) is 23.7 Å². The van der Waals surface area contributed by atoms with Gasteiger partial charge >= 0.3 is 5.97 Å². The minimum Gasteiger partial charge on any atom is -0.481 e. The van der Waals surface area contributed by atoms with Crippen LogP contribution in [0.1, 0.15) is 5.56 Å². The highest BCUT2D eigenvalue weighted by Gasteiger charge is 2.10. The molecule has 0 aliphatic heterocycles. The van der Waals surface area contributed by atoms with Crippen LogP contribution in [0.5, 0.6) is 0 Å². The smallest absolute Gasteiger partial charge is 0.307 e. The van der Waals surface area contributed by atoms with Gasteiger partial charge in [0.05, 0.1) is 6.42 Å². The Labute approximate surface area is 107 Å². The number of carbonyl (C=O) groups is 1. The molecule has 1 heterocycles. The van der Waals surface area contributed by atoms with Crippen molar-refractivity contribution in [2.75, 3.05) is 0 Å². The Kier molecular flexibility index (Phi) is 3.53. The number of aromatic nitrogens is 2. The number of hydrogen-bond donors (Lipinski definition) is 1. The Morgan fingerprint density at radius 3 is 2.83 bits per heavy atom. The summed E-state index contributed by atoms with van der Waals surface area (Å²) in [6.45, 7) is 0. The van der Waals surface area contributed by atoms with E-state index in [4.69, 9.17) is 16.7 Å². The number of hydrogen-bond acceptors (Lipinski definition) is 3. The number of nitrogens with zero attached hydrogens (tertiary/aromatic N) is 2. The van der Waals surface area contributed by atoms with E-state index < -0.39 is 11.8 Å². The fourth-order valence-electron chi connectivity index (χ4n) is 1.43. The highest BCUT2D eigenvalue weighted by molar-refractivity contribution is 6.30. The average molecular weight is 267 g/mol. The number of benzene rings is 1. The summed E-state index contributed by atoms with van der Waals surface area (Å²) < 4.78 is 13.0.